The van der Waals surface area contributed by atoms with Crippen molar-refractivity contribution in [1.82, 2.24) is 0 Å². The molecule has 1 aromatic carbocycles. The number of hydrogen-bond donors (Lipinski definition) is 0. The summed E-state index contributed by atoms with van der Waals surface area (Å²) in [6.45, 7) is 0.990. The second-order valence-electron chi connectivity index (χ2n) is 2.92. The first-order valence-electron chi connectivity index (χ1n) is 4.70. The number of unbranched alkanes of at least 4 members (excludes halogenated alkanes) is 1. The molecule has 0 bridgehead atoms. The summed E-state index contributed by atoms with van der Waals surface area (Å²) in [7, 11) is 0. The summed E-state index contributed by atoms with van der Waals surface area (Å²) >= 11 is 0. The molecular weight excluding hydrogens is 176 g/mol. The quantitative estimate of drug-likeness (QED) is 0.509. The molecule has 0 aliphatic rings. The van der Waals surface area contributed by atoms with E-state index in [0.29, 0.717) is 13.1 Å². The van der Waals surface area contributed by atoms with Gasteiger partial charge in [0.2, 0.25) is 0 Å². The van der Waals surface area contributed by atoms with E-state index in [0.717, 1.165) is 12.8 Å². The van der Waals surface area contributed by atoms with Crippen LogP contribution in [0, 0.1) is 0 Å². The summed E-state index contributed by atoms with van der Waals surface area (Å²) in [5, 5.41) is 0. The first kappa shape index (κ1) is 10.5. The number of allylic oxidation sites excluding steroid dienone is 1. The Morgan fingerprint density at radius 2 is 2.00 bits per heavy atom. The normalized spacial score (nSPS) is 10.3. The molecule has 0 fully saturated rings. The molecule has 0 N–H and O–H groups in total. The van der Waals surface area contributed by atoms with Gasteiger partial charge >= 0.3 is 0 Å². The molecular formula is C12H14O2. The van der Waals surface area contributed by atoms with Crippen LogP contribution in [0.5, 0.6) is 0 Å². The van der Waals surface area contributed by atoms with Gasteiger partial charge in [0.1, 0.15) is 0 Å². The fourth-order valence-electron chi connectivity index (χ4n) is 1.12. The lowest BCUT2D eigenvalue weighted by Gasteiger charge is -1.94. The molecule has 0 amide bonds. The van der Waals surface area contributed by atoms with Crippen LogP contribution in [0.3, 0.4) is 0 Å². The maximum atomic E-state index is 9.82. The van der Waals surface area contributed by atoms with Crippen molar-refractivity contribution in [3.63, 3.8) is 0 Å². The van der Waals surface area contributed by atoms with Gasteiger partial charge in [0.25, 0.3) is 6.47 Å². The highest BCUT2D eigenvalue weighted by Crippen LogP contribution is 2.02. The minimum absolute atomic E-state index is 0.487. The number of carbonyl (C=O) groups is 1. The minimum atomic E-state index is 0.487. The predicted octanol–water partition coefficient (Wildman–Crippen LogP) is 2.65. The molecule has 0 spiro atoms. The van der Waals surface area contributed by atoms with E-state index in [-0.39, 0.29) is 0 Å². The first-order valence-corrected chi connectivity index (χ1v) is 4.70. The van der Waals surface area contributed by atoms with Crippen molar-refractivity contribution in [2.75, 3.05) is 6.61 Å². The Morgan fingerprint density at radius 1 is 1.21 bits per heavy atom. The lowest BCUT2D eigenvalue weighted by Crippen LogP contribution is -1.89. The Bertz CT molecular complexity index is 278. The zero-order valence-corrected chi connectivity index (χ0v) is 8.06. The van der Waals surface area contributed by atoms with Gasteiger partial charge < -0.3 is 4.74 Å². The van der Waals surface area contributed by atoms with Crippen molar-refractivity contribution in [3.05, 3.63) is 42.0 Å². The lowest BCUT2D eigenvalue weighted by molar-refractivity contribution is -0.128. The largest absolute Gasteiger partial charge is 0.468 e. The molecule has 1 aromatic rings. The molecule has 0 saturated heterocycles. The molecule has 0 unspecified atom stereocenters. The van der Waals surface area contributed by atoms with Crippen LogP contribution in [-0.2, 0) is 9.53 Å². The topological polar surface area (TPSA) is 26.3 Å². The van der Waals surface area contributed by atoms with Crippen molar-refractivity contribution >= 4 is 12.5 Å². The van der Waals surface area contributed by atoms with Crippen LogP contribution in [0.2, 0.25) is 0 Å². The summed E-state index contributed by atoms with van der Waals surface area (Å²) in [5.74, 6) is 0. The monoisotopic (exact) mass is 190 g/mol. The predicted molar refractivity (Wildman–Crippen MR) is 56.7 cm³/mol. The maximum absolute atomic E-state index is 9.82. The highest BCUT2D eigenvalue weighted by atomic mass is 16.5. The number of rotatable bonds is 6. The van der Waals surface area contributed by atoms with Crippen molar-refractivity contribution in [2.45, 2.75) is 12.8 Å². The summed E-state index contributed by atoms with van der Waals surface area (Å²) in [4.78, 5) is 9.82. The van der Waals surface area contributed by atoms with Gasteiger partial charge in [-0.1, -0.05) is 42.5 Å². The molecule has 0 saturated carbocycles. The van der Waals surface area contributed by atoms with Gasteiger partial charge in [0.15, 0.2) is 0 Å². The SMILES string of the molecule is O=COCCC/C=C/c1ccccc1. The van der Waals surface area contributed by atoms with Crippen LogP contribution in [0.1, 0.15) is 18.4 Å². The second kappa shape index (κ2) is 6.89. The van der Waals surface area contributed by atoms with E-state index < -0.39 is 0 Å². The van der Waals surface area contributed by atoms with E-state index in [2.05, 4.69) is 29.0 Å². The van der Waals surface area contributed by atoms with E-state index in [1.165, 1.54) is 5.56 Å². The van der Waals surface area contributed by atoms with E-state index in [9.17, 15) is 4.79 Å². The molecule has 0 aliphatic carbocycles. The van der Waals surface area contributed by atoms with Gasteiger partial charge in [-0.05, 0) is 18.4 Å². The van der Waals surface area contributed by atoms with Crippen LogP contribution in [0.4, 0.5) is 0 Å². The third-order valence-corrected chi connectivity index (χ3v) is 1.81. The average molecular weight is 190 g/mol. The van der Waals surface area contributed by atoms with E-state index in [1.54, 1.807) is 0 Å². The van der Waals surface area contributed by atoms with Crippen molar-refractivity contribution in [1.29, 1.82) is 0 Å². The molecule has 1 rings (SSSR count). The van der Waals surface area contributed by atoms with Crippen LogP contribution in [-0.4, -0.2) is 13.1 Å². The third-order valence-electron chi connectivity index (χ3n) is 1.81. The molecule has 0 atom stereocenters. The van der Waals surface area contributed by atoms with Gasteiger partial charge in [-0.2, -0.15) is 0 Å². The highest BCUT2D eigenvalue weighted by Gasteiger charge is 1.85. The average Bonchev–Trinajstić information content (AvgIpc) is 2.25. The fourth-order valence-corrected chi connectivity index (χ4v) is 1.12. The van der Waals surface area contributed by atoms with Crippen LogP contribution < -0.4 is 0 Å². The summed E-state index contributed by atoms with van der Waals surface area (Å²) in [6, 6.07) is 10.1. The van der Waals surface area contributed by atoms with Crippen molar-refractivity contribution < 1.29 is 9.53 Å². The van der Waals surface area contributed by atoms with Crippen molar-refractivity contribution in [2.24, 2.45) is 0 Å². The zero-order valence-electron chi connectivity index (χ0n) is 8.06. The van der Waals surface area contributed by atoms with Gasteiger partial charge in [-0.3, -0.25) is 4.79 Å². The standard InChI is InChI=1S/C12H14O2/c13-11-14-10-6-2-5-9-12-7-3-1-4-8-12/h1,3-5,7-9,11H,2,6,10H2/b9-5+. The summed E-state index contributed by atoms with van der Waals surface area (Å²) in [5.41, 5.74) is 1.20. The van der Waals surface area contributed by atoms with Gasteiger partial charge in [-0.25, -0.2) is 0 Å². The summed E-state index contributed by atoms with van der Waals surface area (Å²) < 4.78 is 4.57. The Balaban J connectivity index is 2.18. The Morgan fingerprint density at radius 3 is 2.71 bits per heavy atom. The fraction of sp³-hybridized carbons (Fsp3) is 0.250. The number of carbonyl (C=O) groups excluding carboxylic acids is 1. The zero-order chi connectivity index (χ0) is 10.1. The Labute approximate surface area is 84.2 Å². The number of hydrogen-bond acceptors (Lipinski definition) is 2. The molecule has 0 radical (unpaired) electrons. The van der Waals surface area contributed by atoms with Gasteiger partial charge in [-0.15, -0.1) is 0 Å². The van der Waals surface area contributed by atoms with Crippen molar-refractivity contribution in [3.8, 4) is 0 Å². The second-order valence-corrected chi connectivity index (χ2v) is 2.92. The Kier molecular flexibility index (Phi) is 5.18. The van der Waals surface area contributed by atoms with E-state index in [4.69, 9.17) is 0 Å². The molecule has 0 aliphatic heterocycles. The number of benzene rings is 1. The lowest BCUT2D eigenvalue weighted by atomic mass is 10.2. The summed E-state index contributed by atoms with van der Waals surface area (Å²) in [6.07, 6.45) is 5.97. The van der Waals surface area contributed by atoms with Gasteiger partial charge in [0, 0.05) is 0 Å². The van der Waals surface area contributed by atoms with Crippen LogP contribution in [0.25, 0.3) is 6.08 Å². The smallest absolute Gasteiger partial charge is 0.293 e. The van der Waals surface area contributed by atoms with Crippen LogP contribution >= 0.6 is 0 Å². The molecule has 2 heteroatoms. The molecule has 14 heavy (non-hydrogen) atoms. The molecule has 74 valence electrons. The van der Waals surface area contributed by atoms with Crippen LogP contribution in [0.15, 0.2) is 36.4 Å². The first-order chi connectivity index (χ1) is 6.93. The number of ether oxygens (including phenoxy) is 1. The molecule has 0 heterocycles. The third kappa shape index (κ3) is 4.45. The maximum Gasteiger partial charge on any atom is 0.293 e. The highest BCUT2D eigenvalue weighted by molar-refractivity contribution is 5.48. The minimum Gasteiger partial charge on any atom is -0.468 e. The molecule has 2 nitrogen and oxygen atoms in total. The Hall–Kier alpha value is -1.57. The molecule has 0 aromatic heterocycles. The van der Waals surface area contributed by atoms with E-state index >= 15 is 0 Å². The van der Waals surface area contributed by atoms with E-state index in [1.807, 2.05) is 18.2 Å². The van der Waals surface area contributed by atoms with Gasteiger partial charge in [0.05, 0.1) is 6.61 Å².